The number of halogens is 2. The van der Waals surface area contributed by atoms with E-state index < -0.39 is 34.8 Å². The Bertz CT molecular complexity index is 1400. The fraction of sp³-hybridized carbons (Fsp3) is 0.462. The lowest BCUT2D eigenvalue weighted by Gasteiger charge is -2.55. The summed E-state index contributed by atoms with van der Waals surface area (Å²) in [7, 11) is 1.48. The largest absolute Gasteiger partial charge is 0.481 e. The summed E-state index contributed by atoms with van der Waals surface area (Å²) in [5.41, 5.74) is 0.376. The third kappa shape index (κ3) is 4.32. The van der Waals surface area contributed by atoms with Crippen LogP contribution >= 0.6 is 0 Å². The Morgan fingerprint density at radius 1 is 1.21 bits per heavy atom. The van der Waals surface area contributed by atoms with E-state index in [1.165, 1.54) is 13.2 Å². The summed E-state index contributed by atoms with van der Waals surface area (Å²) in [5.74, 6) is -1.14. The fourth-order valence-corrected chi connectivity index (χ4v) is 5.56. The number of fused-ring (bicyclic) bond motifs is 5. The van der Waals surface area contributed by atoms with Crippen LogP contribution in [0.15, 0.2) is 24.4 Å². The van der Waals surface area contributed by atoms with Crippen LogP contribution in [0.1, 0.15) is 36.9 Å². The molecule has 2 bridgehead atoms. The Kier molecular flexibility index (Phi) is 6.12. The van der Waals surface area contributed by atoms with Crippen molar-refractivity contribution in [3.8, 4) is 11.8 Å². The number of esters is 1. The lowest BCUT2D eigenvalue weighted by molar-refractivity contribution is -0.208. The second-order valence-corrected chi connectivity index (χ2v) is 10.1. The normalized spacial score (nSPS) is 25.0. The highest BCUT2D eigenvalue weighted by atomic mass is 19.1. The molecule has 7 rings (SSSR count). The van der Waals surface area contributed by atoms with Crippen LogP contribution in [0, 0.1) is 11.6 Å². The molecule has 3 aromatic heterocycles. The van der Waals surface area contributed by atoms with Gasteiger partial charge in [0.1, 0.15) is 23.9 Å². The number of carbonyl (C=O) groups excluding carboxylic acids is 1. The van der Waals surface area contributed by atoms with Crippen molar-refractivity contribution in [2.45, 2.75) is 55.9 Å². The number of carbonyl (C=O) groups is 1. The van der Waals surface area contributed by atoms with E-state index in [9.17, 15) is 18.7 Å². The van der Waals surface area contributed by atoms with Crippen LogP contribution in [0.3, 0.4) is 0 Å². The monoisotopic (exact) mass is 527 g/mol. The quantitative estimate of drug-likeness (QED) is 0.394. The molecule has 0 radical (unpaired) electrons. The summed E-state index contributed by atoms with van der Waals surface area (Å²) in [4.78, 5) is 24.2. The number of hydrogen-bond donors (Lipinski definition) is 3. The number of aliphatic hydroxyl groups excluding tert-OH is 1. The first-order valence-corrected chi connectivity index (χ1v) is 12.5. The first kappa shape index (κ1) is 24.8. The average Bonchev–Trinajstić information content (AvgIpc) is 2.94. The van der Waals surface area contributed by atoms with Gasteiger partial charge in [0.2, 0.25) is 11.8 Å². The van der Waals surface area contributed by atoms with Gasteiger partial charge in [0.05, 0.1) is 48.3 Å². The molecule has 1 aliphatic carbocycles. The number of nitrogens with zero attached hydrogens (tertiary/aromatic N) is 3. The first-order chi connectivity index (χ1) is 18.3. The Labute approximate surface area is 216 Å². The third-order valence-electron chi connectivity index (χ3n) is 7.92. The predicted octanol–water partition coefficient (Wildman–Crippen LogP) is 2.42. The summed E-state index contributed by atoms with van der Waals surface area (Å²) in [5, 5.41) is 17.4. The van der Waals surface area contributed by atoms with E-state index in [2.05, 4.69) is 25.6 Å². The molecule has 12 heteroatoms. The molecule has 3 aliphatic heterocycles. The fourth-order valence-electron chi connectivity index (χ4n) is 5.56. The van der Waals surface area contributed by atoms with Gasteiger partial charge in [-0.2, -0.15) is 0 Å². The minimum atomic E-state index is -0.962. The van der Waals surface area contributed by atoms with Crippen LogP contribution in [0.5, 0.6) is 11.8 Å². The van der Waals surface area contributed by atoms with Crippen molar-refractivity contribution in [1.82, 2.24) is 20.3 Å². The number of ether oxygens (including phenoxy) is 3. The summed E-state index contributed by atoms with van der Waals surface area (Å²) in [6.07, 6.45) is 2.64. The number of hydrogen-bond acceptors (Lipinski definition) is 10. The van der Waals surface area contributed by atoms with E-state index in [-0.39, 0.29) is 36.6 Å². The molecule has 200 valence electrons. The van der Waals surface area contributed by atoms with Gasteiger partial charge in [-0.15, -0.1) is 0 Å². The summed E-state index contributed by atoms with van der Waals surface area (Å²) in [6.45, 7) is 0.393. The van der Waals surface area contributed by atoms with Gasteiger partial charge in [0, 0.05) is 36.2 Å². The Morgan fingerprint density at radius 2 is 2.03 bits per heavy atom. The lowest BCUT2D eigenvalue weighted by Crippen LogP contribution is -2.65. The second-order valence-electron chi connectivity index (χ2n) is 10.1. The van der Waals surface area contributed by atoms with Crippen LogP contribution in [0.25, 0.3) is 11.0 Å². The number of aromatic nitrogens is 3. The van der Waals surface area contributed by atoms with E-state index in [0.717, 1.165) is 6.20 Å². The molecular weight excluding hydrogens is 500 g/mol. The lowest BCUT2D eigenvalue weighted by atomic mass is 9.68. The molecule has 38 heavy (non-hydrogen) atoms. The van der Waals surface area contributed by atoms with Gasteiger partial charge in [-0.25, -0.2) is 23.5 Å². The van der Waals surface area contributed by atoms with Gasteiger partial charge < -0.3 is 30.0 Å². The summed E-state index contributed by atoms with van der Waals surface area (Å²) < 4.78 is 46.0. The molecule has 1 atom stereocenters. The number of anilines is 1. The zero-order chi connectivity index (χ0) is 26.5. The first-order valence-electron chi connectivity index (χ1n) is 12.5. The summed E-state index contributed by atoms with van der Waals surface area (Å²) >= 11 is 0. The van der Waals surface area contributed by atoms with Crippen LogP contribution in [-0.4, -0.2) is 63.5 Å². The Morgan fingerprint density at radius 3 is 2.76 bits per heavy atom. The molecule has 1 saturated carbocycles. The molecule has 3 N–H and O–H groups in total. The highest BCUT2D eigenvalue weighted by molar-refractivity contribution is 5.82. The number of rotatable bonds is 7. The van der Waals surface area contributed by atoms with Gasteiger partial charge in [0.15, 0.2) is 0 Å². The molecule has 10 nitrogen and oxygen atoms in total. The van der Waals surface area contributed by atoms with Gasteiger partial charge in [-0.1, -0.05) is 0 Å². The molecule has 4 aliphatic rings. The second kappa shape index (κ2) is 9.37. The van der Waals surface area contributed by atoms with E-state index in [1.807, 2.05) is 0 Å². The van der Waals surface area contributed by atoms with Crippen LogP contribution in [-0.2, 0) is 22.5 Å². The van der Waals surface area contributed by atoms with Crippen molar-refractivity contribution >= 4 is 22.7 Å². The molecule has 3 fully saturated rings. The SMILES string of the molecule is COc1ccc2ncc(F)c(CC(O)C34CCC(NCc5nc6c(cc5F)NCC(=O)O6)(CC3)CO4)c2n1. The number of pyridine rings is 3. The molecule has 6 heterocycles. The summed E-state index contributed by atoms with van der Waals surface area (Å²) in [6, 6.07) is 4.63. The van der Waals surface area contributed by atoms with Gasteiger partial charge >= 0.3 is 5.97 Å². The van der Waals surface area contributed by atoms with E-state index >= 15 is 0 Å². The predicted molar refractivity (Wildman–Crippen MR) is 131 cm³/mol. The van der Waals surface area contributed by atoms with Crippen LogP contribution in [0.4, 0.5) is 14.5 Å². The Hall–Kier alpha value is -3.48. The average molecular weight is 528 g/mol. The van der Waals surface area contributed by atoms with E-state index in [1.54, 1.807) is 12.1 Å². The van der Waals surface area contributed by atoms with Crippen molar-refractivity contribution in [1.29, 1.82) is 0 Å². The maximum absolute atomic E-state index is 14.8. The molecule has 1 unspecified atom stereocenters. The van der Waals surface area contributed by atoms with Crippen LogP contribution in [0.2, 0.25) is 0 Å². The highest BCUT2D eigenvalue weighted by Gasteiger charge is 2.53. The maximum atomic E-state index is 14.8. The zero-order valence-corrected chi connectivity index (χ0v) is 20.7. The molecule has 2 saturated heterocycles. The number of nitrogens with one attached hydrogen (secondary N) is 2. The minimum Gasteiger partial charge on any atom is -0.481 e. The van der Waals surface area contributed by atoms with Crippen molar-refractivity contribution in [3.05, 3.63) is 47.3 Å². The van der Waals surface area contributed by atoms with Crippen molar-refractivity contribution in [2.24, 2.45) is 0 Å². The van der Waals surface area contributed by atoms with Gasteiger partial charge in [-0.05, 0) is 31.7 Å². The number of methoxy groups -OCH3 is 1. The molecular formula is C26H27F2N5O5. The topological polar surface area (TPSA) is 128 Å². The Balaban J connectivity index is 1.14. The maximum Gasteiger partial charge on any atom is 0.332 e. The number of aliphatic hydroxyl groups is 1. The van der Waals surface area contributed by atoms with Crippen LogP contribution < -0.4 is 20.1 Å². The van der Waals surface area contributed by atoms with Gasteiger partial charge in [-0.3, -0.25) is 4.98 Å². The van der Waals surface area contributed by atoms with Crippen molar-refractivity contribution in [2.75, 3.05) is 25.6 Å². The van der Waals surface area contributed by atoms with Crippen molar-refractivity contribution < 1.29 is 32.9 Å². The highest BCUT2D eigenvalue weighted by Crippen LogP contribution is 2.46. The standard InChI is InChI=1S/C26H27F2N5O5/c1-36-21-3-2-17-23(33-21)14(16(28)10-29-17)8-20(34)26-6-4-25(5-7-26,13-37-26)31-11-19-15(27)9-18-24(32-19)38-22(35)12-30-18/h2-3,9-10,20,30-31,34H,4-8,11-13H2,1H3. The molecule has 3 aromatic rings. The smallest absolute Gasteiger partial charge is 0.332 e. The third-order valence-corrected chi connectivity index (χ3v) is 7.92. The minimum absolute atomic E-state index is 0.0163. The molecule has 0 amide bonds. The zero-order valence-electron chi connectivity index (χ0n) is 20.7. The van der Waals surface area contributed by atoms with Crippen molar-refractivity contribution in [3.63, 3.8) is 0 Å². The molecule has 0 aromatic carbocycles. The van der Waals surface area contributed by atoms with E-state index in [0.29, 0.717) is 54.9 Å². The van der Waals surface area contributed by atoms with Gasteiger partial charge in [0.25, 0.3) is 0 Å². The van der Waals surface area contributed by atoms with E-state index in [4.69, 9.17) is 14.2 Å². The molecule has 0 spiro atoms.